The van der Waals surface area contributed by atoms with Crippen LogP contribution in [0.4, 0.5) is 0 Å². The number of aromatic nitrogens is 1. The van der Waals surface area contributed by atoms with E-state index in [1.807, 2.05) is 42.5 Å². The third-order valence-corrected chi connectivity index (χ3v) is 7.11. The van der Waals surface area contributed by atoms with E-state index in [1.54, 1.807) is 11.3 Å². The minimum atomic E-state index is 0.568. The number of fused-ring (bicyclic) bond motifs is 1. The van der Waals surface area contributed by atoms with Crippen molar-refractivity contribution in [3.05, 3.63) is 89.5 Å². The summed E-state index contributed by atoms with van der Waals surface area (Å²) in [7, 11) is 0. The number of hydrogen-bond donors (Lipinski definition) is 0. The van der Waals surface area contributed by atoms with E-state index >= 15 is 0 Å². The zero-order chi connectivity index (χ0) is 21.8. The van der Waals surface area contributed by atoms with Gasteiger partial charge in [-0.25, -0.2) is 4.98 Å². The zero-order valence-electron chi connectivity index (χ0n) is 17.9. The van der Waals surface area contributed by atoms with Crippen molar-refractivity contribution in [1.82, 2.24) is 9.88 Å². The molecule has 1 fully saturated rings. The largest absolute Gasteiger partial charge is 0.431 e. The lowest BCUT2D eigenvalue weighted by atomic mass is 9.88. The third kappa shape index (κ3) is 4.83. The van der Waals surface area contributed by atoms with E-state index in [1.165, 1.54) is 11.1 Å². The summed E-state index contributed by atoms with van der Waals surface area (Å²) in [5.74, 6) is 1.40. The average molecular weight is 440 g/mol. The number of nitriles is 1. The van der Waals surface area contributed by atoms with Gasteiger partial charge in [0.25, 0.3) is 5.19 Å². The van der Waals surface area contributed by atoms with Crippen molar-refractivity contribution in [3.63, 3.8) is 0 Å². The van der Waals surface area contributed by atoms with Gasteiger partial charge in [0.05, 0.1) is 21.8 Å². The van der Waals surface area contributed by atoms with Crippen LogP contribution in [0.1, 0.15) is 35.4 Å². The second-order valence-electron chi connectivity index (χ2n) is 8.30. The molecule has 1 aromatic heterocycles. The topological polar surface area (TPSA) is 49.2 Å². The number of rotatable bonds is 6. The van der Waals surface area contributed by atoms with Crippen LogP contribution < -0.4 is 4.74 Å². The lowest BCUT2D eigenvalue weighted by Gasteiger charge is -2.32. The van der Waals surface area contributed by atoms with Crippen molar-refractivity contribution in [3.8, 4) is 17.0 Å². The monoisotopic (exact) mass is 439 g/mol. The molecule has 0 saturated carbocycles. The number of benzene rings is 3. The molecule has 32 heavy (non-hydrogen) atoms. The maximum atomic E-state index is 9.13. The van der Waals surface area contributed by atoms with Crippen LogP contribution in [-0.2, 0) is 6.42 Å². The van der Waals surface area contributed by atoms with E-state index in [2.05, 4.69) is 46.3 Å². The quantitative estimate of drug-likeness (QED) is 0.350. The van der Waals surface area contributed by atoms with Gasteiger partial charge in [-0.05, 0) is 85.8 Å². The number of likely N-dealkylation sites (tertiary alicyclic amines) is 1. The molecule has 3 aromatic carbocycles. The highest BCUT2D eigenvalue weighted by molar-refractivity contribution is 7.20. The lowest BCUT2D eigenvalue weighted by Crippen LogP contribution is -2.34. The Bertz CT molecular complexity index is 1200. The maximum absolute atomic E-state index is 9.13. The molecule has 0 N–H and O–H groups in total. The summed E-state index contributed by atoms with van der Waals surface area (Å²) < 4.78 is 7.10. The molecule has 4 nitrogen and oxygen atoms in total. The predicted octanol–water partition coefficient (Wildman–Crippen LogP) is 6.38. The van der Waals surface area contributed by atoms with Gasteiger partial charge in [-0.15, -0.1) is 0 Å². The fourth-order valence-electron chi connectivity index (χ4n) is 4.36. The number of piperidine rings is 1. The Hall–Kier alpha value is -3.20. The summed E-state index contributed by atoms with van der Waals surface area (Å²) in [5.41, 5.74) is 4.38. The molecular formula is C27H25N3OS. The molecule has 0 bridgehead atoms. The number of para-hydroxylation sites is 1. The van der Waals surface area contributed by atoms with Crippen LogP contribution in [0.15, 0.2) is 72.8 Å². The molecule has 0 atom stereocenters. The van der Waals surface area contributed by atoms with E-state index < -0.39 is 0 Å². The van der Waals surface area contributed by atoms with E-state index in [0.717, 1.165) is 60.4 Å². The zero-order valence-corrected chi connectivity index (χ0v) is 18.7. The number of hydrogen-bond acceptors (Lipinski definition) is 5. The van der Waals surface area contributed by atoms with Crippen LogP contribution in [0.2, 0.25) is 0 Å². The number of ether oxygens (including phenoxy) is 1. The van der Waals surface area contributed by atoms with E-state index in [9.17, 15) is 0 Å². The Kier molecular flexibility index (Phi) is 6.15. The minimum absolute atomic E-state index is 0.568. The van der Waals surface area contributed by atoms with Crippen LogP contribution in [-0.4, -0.2) is 29.5 Å². The fourth-order valence-corrected chi connectivity index (χ4v) is 5.19. The average Bonchev–Trinajstić information content (AvgIpc) is 3.26. The molecule has 0 spiro atoms. The SMILES string of the molecule is N#Cc1cccc(C2CCN(CCc3ccc(Oc4nc5ccccc5s4)cc3)CC2)c1. The number of nitrogens with zero attached hydrogens (tertiary/aromatic N) is 3. The van der Waals surface area contributed by atoms with Gasteiger partial charge in [-0.3, -0.25) is 0 Å². The molecule has 4 aromatic rings. The van der Waals surface area contributed by atoms with Crippen molar-refractivity contribution in [2.75, 3.05) is 19.6 Å². The summed E-state index contributed by atoms with van der Waals surface area (Å²) in [6, 6.07) is 26.8. The summed E-state index contributed by atoms with van der Waals surface area (Å²) in [4.78, 5) is 7.09. The second kappa shape index (κ2) is 9.52. The molecule has 0 unspecified atom stereocenters. The molecule has 0 amide bonds. The second-order valence-corrected chi connectivity index (χ2v) is 9.29. The van der Waals surface area contributed by atoms with Crippen LogP contribution in [0, 0.1) is 11.3 Å². The lowest BCUT2D eigenvalue weighted by molar-refractivity contribution is 0.214. The highest BCUT2D eigenvalue weighted by atomic mass is 32.1. The van der Waals surface area contributed by atoms with Gasteiger partial charge >= 0.3 is 0 Å². The first-order chi connectivity index (χ1) is 15.8. The van der Waals surface area contributed by atoms with Crippen LogP contribution in [0.25, 0.3) is 10.2 Å². The Morgan fingerprint density at radius 2 is 1.81 bits per heavy atom. The molecular weight excluding hydrogens is 414 g/mol. The highest BCUT2D eigenvalue weighted by Gasteiger charge is 2.20. The fraction of sp³-hybridized carbons (Fsp3) is 0.259. The van der Waals surface area contributed by atoms with Gasteiger partial charge in [-0.2, -0.15) is 5.26 Å². The van der Waals surface area contributed by atoms with Crippen molar-refractivity contribution >= 4 is 21.6 Å². The van der Waals surface area contributed by atoms with Gasteiger partial charge in [-0.1, -0.05) is 47.7 Å². The number of thiazole rings is 1. The third-order valence-electron chi connectivity index (χ3n) is 6.19. The summed E-state index contributed by atoms with van der Waals surface area (Å²) >= 11 is 1.57. The molecule has 1 aliphatic rings. The van der Waals surface area contributed by atoms with Crippen molar-refractivity contribution in [1.29, 1.82) is 5.26 Å². The molecule has 5 rings (SSSR count). The van der Waals surface area contributed by atoms with Gasteiger partial charge in [0.1, 0.15) is 5.75 Å². The minimum Gasteiger partial charge on any atom is -0.431 e. The Balaban J connectivity index is 1.11. The first kappa shape index (κ1) is 20.7. The highest BCUT2D eigenvalue weighted by Crippen LogP contribution is 2.31. The molecule has 1 aliphatic heterocycles. The predicted molar refractivity (Wildman–Crippen MR) is 129 cm³/mol. The van der Waals surface area contributed by atoms with E-state index in [0.29, 0.717) is 11.1 Å². The summed E-state index contributed by atoms with van der Waals surface area (Å²) in [6.45, 7) is 3.30. The Labute approximate surface area is 192 Å². The van der Waals surface area contributed by atoms with Crippen LogP contribution in [0.5, 0.6) is 10.9 Å². The molecule has 5 heteroatoms. The molecule has 1 saturated heterocycles. The van der Waals surface area contributed by atoms with Crippen LogP contribution >= 0.6 is 11.3 Å². The Morgan fingerprint density at radius 3 is 2.59 bits per heavy atom. The maximum Gasteiger partial charge on any atom is 0.279 e. The van der Waals surface area contributed by atoms with Gasteiger partial charge in [0.15, 0.2) is 0 Å². The van der Waals surface area contributed by atoms with Crippen LogP contribution in [0.3, 0.4) is 0 Å². The first-order valence-corrected chi connectivity index (χ1v) is 11.9. The normalized spacial score (nSPS) is 15.0. The summed E-state index contributed by atoms with van der Waals surface area (Å²) in [5, 5.41) is 9.82. The van der Waals surface area contributed by atoms with Gasteiger partial charge in [0.2, 0.25) is 0 Å². The van der Waals surface area contributed by atoms with Crippen molar-refractivity contribution in [2.45, 2.75) is 25.2 Å². The van der Waals surface area contributed by atoms with Crippen molar-refractivity contribution < 1.29 is 4.74 Å². The standard InChI is InChI=1S/C27H25N3OS/c28-19-21-4-3-5-23(18-21)22-13-16-30(17-14-22)15-12-20-8-10-24(11-9-20)31-27-29-25-6-1-2-7-26(25)32-27/h1-11,18,22H,12-17H2. The van der Waals surface area contributed by atoms with Crippen molar-refractivity contribution in [2.24, 2.45) is 0 Å². The Morgan fingerprint density at radius 1 is 1.00 bits per heavy atom. The first-order valence-electron chi connectivity index (χ1n) is 11.1. The van der Waals surface area contributed by atoms with Gasteiger partial charge in [0, 0.05) is 6.54 Å². The van der Waals surface area contributed by atoms with Gasteiger partial charge < -0.3 is 9.64 Å². The van der Waals surface area contributed by atoms with E-state index in [4.69, 9.17) is 10.00 Å². The molecule has 160 valence electrons. The summed E-state index contributed by atoms with van der Waals surface area (Å²) in [6.07, 6.45) is 3.35. The van der Waals surface area contributed by atoms with E-state index in [-0.39, 0.29) is 0 Å². The molecule has 0 radical (unpaired) electrons. The molecule has 0 aliphatic carbocycles. The molecule has 2 heterocycles. The smallest absolute Gasteiger partial charge is 0.279 e.